The normalized spacial score (nSPS) is 33.0. The smallest absolute Gasteiger partial charge is 0.0148 e. The lowest BCUT2D eigenvalue weighted by molar-refractivity contribution is 0.284. The molecule has 0 aromatic carbocycles. The summed E-state index contributed by atoms with van der Waals surface area (Å²) in [5.41, 5.74) is 2.20. The molecule has 0 radical (unpaired) electrons. The van der Waals surface area contributed by atoms with Crippen LogP contribution in [0.5, 0.6) is 0 Å². The van der Waals surface area contributed by atoms with E-state index < -0.39 is 0 Å². The first-order valence-corrected chi connectivity index (χ1v) is 5.45. The van der Waals surface area contributed by atoms with Crippen LogP contribution in [0, 0.1) is 17.3 Å². The highest BCUT2D eigenvalue weighted by Gasteiger charge is 2.36. The van der Waals surface area contributed by atoms with Gasteiger partial charge < -0.3 is 0 Å². The molecular weight excluding hydrogens is 156 g/mol. The molecule has 0 aliphatic heterocycles. The highest BCUT2D eigenvalue weighted by molar-refractivity contribution is 5.27. The molecule has 72 valence electrons. The Kier molecular flexibility index (Phi) is 2.09. The summed E-state index contributed by atoms with van der Waals surface area (Å²) in [6, 6.07) is 0. The van der Waals surface area contributed by atoms with Crippen LogP contribution in [0.15, 0.2) is 23.8 Å². The third-order valence-corrected chi connectivity index (χ3v) is 3.57. The zero-order chi connectivity index (χ0) is 9.47. The Balaban J connectivity index is 2.24. The number of hydrogen-bond donors (Lipinski definition) is 0. The van der Waals surface area contributed by atoms with Crippen LogP contribution in [0.1, 0.15) is 40.0 Å². The predicted molar refractivity (Wildman–Crippen MR) is 57.5 cm³/mol. The van der Waals surface area contributed by atoms with Crippen LogP contribution in [0.3, 0.4) is 0 Å². The topological polar surface area (TPSA) is 0 Å². The Morgan fingerprint density at radius 2 is 2.00 bits per heavy atom. The van der Waals surface area contributed by atoms with Crippen LogP contribution in [0.2, 0.25) is 0 Å². The third kappa shape index (κ3) is 1.59. The summed E-state index contributed by atoms with van der Waals surface area (Å²) in [6.07, 6.45) is 11.0. The van der Waals surface area contributed by atoms with Crippen LogP contribution in [0.4, 0.5) is 0 Å². The first-order chi connectivity index (χ1) is 6.09. The van der Waals surface area contributed by atoms with E-state index >= 15 is 0 Å². The lowest BCUT2D eigenvalue weighted by Crippen LogP contribution is -2.20. The van der Waals surface area contributed by atoms with E-state index in [1.54, 1.807) is 5.57 Å². The van der Waals surface area contributed by atoms with E-state index in [0.29, 0.717) is 5.41 Å². The molecule has 0 N–H and O–H groups in total. The third-order valence-electron chi connectivity index (χ3n) is 3.57. The fourth-order valence-corrected chi connectivity index (χ4v) is 2.85. The molecule has 0 aromatic heterocycles. The zero-order valence-corrected chi connectivity index (χ0v) is 9.01. The van der Waals surface area contributed by atoms with Gasteiger partial charge in [-0.05, 0) is 36.5 Å². The maximum Gasteiger partial charge on any atom is -0.0148 e. The molecular formula is C13H20. The molecule has 0 amide bonds. The first-order valence-electron chi connectivity index (χ1n) is 5.45. The van der Waals surface area contributed by atoms with Gasteiger partial charge in [-0.3, -0.25) is 0 Å². The van der Waals surface area contributed by atoms with Crippen molar-refractivity contribution in [3.63, 3.8) is 0 Å². The molecule has 0 saturated heterocycles. The summed E-state index contributed by atoms with van der Waals surface area (Å²) < 4.78 is 0. The van der Waals surface area contributed by atoms with E-state index in [9.17, 15) is 0 Å². The molecule has 1 fully saturated rings. The Morgan fingerprint density at radius 1 is 1.23 bits per heavy atom. The summed E-state index contributed by atoms with van der Waals surface area (Å²) in [7, 11) is 0. The van der Waals surface area contributed by atoms with Gasteiger partial charge in [0, 0.05) is 0 Å². The number of allylic oxidation sites excluding steroid dienone is 4. The van der Waals surface area contributed by atoms with Crippen molar-refractivity contribution in [3.05, 3.63) is 23.8 Å². The maximum absolute atomic E-state index is 2.37. The van der Waals surface area contributed by atoms with Gasteiger partial charge in [0.25, 0.3) is 0 Å². The van der Waals surface area contributed by atoms with Crippen molar-refractivity contribution in [1.29, 1.82) is 0 Å². The van der Waals surface area contributed by atoms with E-state index in [2.05, 4.69) is 39.0 Å². The molecule has 2 rings (SSSR count). The molecule has 2 aliphatic rings. The molecule has 0 bridgehead atoms. The summed E-state index contributed by atoms with van der Waals surface area (Å²) in [6.45, 7) is 7.12. The van der Waals surface area contributed by atoms with Gasteiger partial charge in [-0.25, -0.2) is 0 Å². The summed E-state index contributed by atoms with van der Waals surface area (Å²) in [5, 5.41) is 0. The van der Waals surface area contributed by atoms with Crippen molar-refractivity contribution in [2.75, 3.05) is 0 Å². The van der Waals surface area contributed by atoms with Crippen molar-refractivity contribution in [2.24, 2.45) is 17.3 Å². The molecule has 0 heteroatoms. The second-order valence-electron chi connectivity index (χ2n) is 5.52. The Morgan fingerprint density at radius 3 is 2.69 bits per heavy atom. The predicted octanol–water partition coefficient (Wildman–Crippen LogP) is 3.95. The van der Waals surface area contributed by atoms with Crippen LogP contribution < -0.4 is 0 Å². The summed E-state index contributed by atoms with van der Waals surface area (Å²) >= 11 is 0. The second-order valence-corrected chi connectivity index (χ2v) is 5.52. The van der Waals surface area contributed by atoms with Crippen molar-refractivity contribution in [1.82, 2.24) is 0 Å². The van der Waals surface area contributed by atoms with E-state index in [0.717, 1.165) is 11.8 Å². The largest absolute Gasteiger partial charge is 0.0839 e. The van der Waals surface area contributed by atoms with Gasteiger partial charge in [0.05, 0.1) is 0 Å². The number of fused-ring (bicyclic) bond motifs is 1. The monoisotopic (exact) mass is 176 g/mol. The molecule has 0 heterocycles. The lowest BCUT2D eigenvalue weighted by atomic mass is 9.75. The van der Waals surface area contributed by atoms with Gasteiger partial charge >= 0.3 is 0 Å². The zero-order valence-electron chi connectivity index (χ0n) is 9.01. The van der Waals surface area contributed by atoms with Gasteiger partial charge in [-0.1, -0.05) is 44.6 Å². The molecule has 1 saturated carbocycles. The first kappa shape index (κ1) is 9.05. The van der Waals surface area contributed by atoms with Gasteiger partial charge in [-0.15, -0.1) is 0 Å². The molecule has 0 aromatic rings. The van der Waals surface area contributed by atoms with Crippen molar-refractivity contribution < 1.29 is 0 Å². The average molecular weight is 176 g/mol. The van der Waals surface area contributed by atoms with Gasteiger partial charge in [0.2, 0.25) is 0 Å². The minimum absolute atomic E-state index is 0.464. The van der Waals surface area contributed by atoms with Gasteiger partial charge in [0.1, 0.15) is 0 Å². The molecule has 2 atom stereocenters. The van der Waals surface area contributed by atoms with Crippen LogP contribution in [-0.4, -0.2) is 0 Å². The molecule has 2 unspecified atom stereocenters. The van der Waals surface area contributed by atoms with Crippen LogP contribution in [0.25, 0.3) is 0 Å². The molecule has 0 nitrogen and oxygen atoms in total. The fourth-order valence-electron chi connectivity index (χ4n) is 2.85. The Hall–Kier alpha value is -0.520. The Bertz CT molecular complexity index is 250. The average Bonchev–Trinajstić information content (AvgIpc) is 2.45. The fraction of sp³-hybridized carbons (Fsp3) is 0.692. The minimum Gasteiger partial charge on any atom is -0.0839 e. The van der Waals surface area contributed by atoms with Crippen LogP contribution in [-0.2, 0) is 0 Å². The molecule has 2 aliphatic carbocycles. The number of rotatable bonds is 0. The van der Waals surface area contributed by atoms with Gasteiger partial charge in [-0.2, -0.15) is 0 Å². The van der Waals surface area contributed by atoms with Crippen molar-refractivity contribution >= 4 is 0 Å². The quantitative estimate of drug-likeness (QED) is 0.524. The van der Waals surface area contributed by atoms with Gasteiger partial charge in [0.15, 0.2) is 0 Å². The van der Waals surface area contributed by atoms with E-state index in [4.69, 9.17) is 0 Å². The number of hydrogen-bond acceptors (Lipinski definition) is 0. The molecule has 0 spiro atoms. The SMILES string of the molecule is CC(C)(C)C1CCC2CC=CC=C21. The summed E-state index contributed by atoms with van der Waals surface area (Å²) in [5.74, 6) is 1.72. The van der Waals surface area contributed by atoms with E-state index in [-0.39, 0.29) is 0 Å². The minimum atomic E-state index is 0.464. The second kappa shape index (κ2) is 3.01. The maximum atomic E-state index is 2.37. The highest BCUT2D eigenvalue weighted by atomic mass is 14.4. The molecule has 13 heavy (non-hydrogen) atoms. The standard InChI is InChI=1S/C13H20/c1-13(2,3)12-9-8-10-6-4-5-7-11(10)12/h4-5,7,10,12H,6,8-9H2,1-3H3. The van der Waals surface area contributed by atoms with Crippen molar-refractivity contribution in [3.8, 4) is 0 Å². The van der Waals surface area contributed by atoms with E-state index in [1.807, 2.05) is 0 Å². The lowest BCUT2D eigenvalue weighted by Gasteiger charge is -2.30. The van der Waals surface area contributed by atoms with E-state index in [1.165, 1.54) is 19.3 Å². The Labute approximate surface area is 81.7 Å². The van der Waals surface area contributed by atoms with Crippen molar-refractivity contribution in [2.45, 2.75) is 40.0 Å². The highest BCUT2D eigenvalue weighted by Crippen LogP contribution is 2.48. The summed E-state index contributed by atoms with van der Waals surface area (Å²) in [4.78, 5) is 0. The van der Waals surface area contributed by atoms with Crippen LogP contribution >= 0.6 is 0 Å².